The van der Waals surface area contributed by atoms with Gasteiger partial charge < -0.3 is 9.64 Å². The number of hydrogen-bond acceptors (Lipinski definition) is 2. The molecule has 18 heavy (non-hydrogen) atoms. The van der Waals surface area contributed by atoms with Gasteiger partial charge in [0.25, 0.3) is 0 Å². The minimum Gasteiger partial charge on any atom is -0.376 e. The summed E-state index contributed by atoms with van der Waals surface area (Å²) in [5, 5.41) is 1.62. The van der Waals surface area contributed by atoms with Gasteiger partial charge >= 0.3 is 0 Å². The third-order valence-electron chi connectivity index (χ3n) is 3.38. The Bertz CT molecular complexity index is 393. The number of alkyl halides is 1. The maximum absolute atomic E-state index is 6.26. The lowest BCUT2D eigenvalue weighted by molar-refractivity contribution is 0.115. The van der Waals surface area contributed by atoms with Gasteiger partial charge in [-0.1, -0.05) is 33.6 Å². The first kappa shape index (κ1) is 14.2. The molecule has 0 radical (unpaired) electrons. The van der Waals surface area contributed by atoms with E-state index < -0.39 is 0 Å². The van der Waals surface area contributed by atoms with Crippen LogP contribution >= 0.6 is 27.5 Å². The molecular formula is C14H19BrClNO. The Morgan fingerprint density at radius 1 is 1.50 bits per heavy atom. The van der Waals surface area contributed by atoms with Gasteiger partial charge in [-0.25, -0.2) is 0 Å². The Labute approximate surface area is 122 Å². The number of benzene rings is 1. The molecule has 0 N–H and O–H groups in total. The van der Waals surface area contributed by atoms with Crippen molar-refractivity contribution in [2.24, 2.45) is 0 Å². The highest BCUT2D eigenvalue weighted by Crippen LogP contribution is 2.26. The van der Waals surface area contributed by atoms with Gasteiger partial charge in [0.15, 0.2) is 0 Å². The van der Waals surface area contributed by atoms with Crippen molar-refractivity contribution in [1.82, 2.24) is 0 Å². The standard InChI is InChI=1S/C14H19BrClNO/c1-2-17(10-13-4-3-7-18-13)12-6-5-11(9-15)14(16)8-12/h5-6,8,13H,2-4,7,9-10H2,1H3. The molecule has 1 unspecified atom stereocenters. The Morgan fingerprint density at radius 3 is 2.89 bits per heavy atom. The van der Waals surface area contributed by atoms with Crippen LogP contribution in [0.15, 0.2) is 18.2 Å². The van der Waals surface area contributed by atoms with Crippen LogP contribution in [0.1, 0.15) is 25.3 Å². The van der Waals surface area contributed by atoms with E-state index in [1.54, 1.807) is 0 Å². The molecule has 1 aliphatic heterocycles. The number of halogens is 2. The zero-order valence-corrected chi connectivity index (χ0v) is 13.0. The second kappa shape index (κ2) is 6.78. The number of nitrogens with zero attached hydrogens (tertiary/aromatic N) is 1. The van der Waals surface area contributed by atoms with Gasteiger partial charge in [-0.3, -0.25) is 0 Å². The highest BCUT2D eigenvalue weighted by atomic mass is 79.9. The molecule has 2 rings (SSSR count). The summed E-state index contributed by atoms with van der Waals surface area (Å²) < 4.78 is 5.70. The number of hydrogen-bond donors (Lipinski definition) is 0. The molecule has 0 amide bonds. The smallest absolute Gasteiger partial charge is 0.0750 e. The first-order valence-electron chi connectivity index (χ1n) is 6.45. The van der Waals surface area contributed by atoms with Crippen LogP contribution in [0.3, 0.4) is 0 Å². The Morgan fingerprint density at radius 2 is 2.33 bits per heavy atom. The molecular weight excluding hydrogens is 314 g/mol. The molecule has 1 heterocycles. The van der Waals surface area contributed by atoms with Crippen molar-refractivity contribution in [3.05, 3.63) is 28.8 Å². The number of anilines is 1. The summed E-state index contributed by atoms with van der Waals surface area (Å²) in [7, 11) is 0. The predicted octanol–water partition coefficient (Wildman–Crippen LogP) is 4.24. The predicted molar refractivity (Wildman–Crippen MR) is 80.9 cm³/mol. The second-order valence-electron chi connectivity index (χ2n) is 4.58. The monoisotopic (exact) mass is 331 g/mol. The van der Waals surface area contributed by atoms with Crippen LogP contribution < -0.4 is 4.90 Å². The SMILES string of the molecule is CCN(CC1CCCO1)c1ccc(CBr)c(Cl)c1. The van der Waals surface area contributed by atoms with Crippen LogP contribution in [0, 0.1) is 0 Å². The summed E-state index contributed by atoms with van der Waals surface area (Å²) in [4.78, 5) is 2.33. The van der Waals surface area contributed by atoms with Crippen molar-refractivity contribution in [3.63, 3.8) is 0 Å². The average Bonchev–Trinajstić information content (AvgIpc) is 2.88. The van der Waals surface area contributed by atoms with Crippen LogP contribution in [0.2, 0.25) is 5.02 Å². The summed E-state index contributed by atoms with van der Waals surface area (Å²) in [5.74, 6) is 0. The summed E-state index contributed by atoms with van der Waals surface area (Å²) in [6, 6.07) is 6.28. The van der Waals surface area contributed by atoms with Gasteiger partial charge in [-0.2, -0.15) is 0 Å². The van der Waals surface area contributed by atoms with Crippen LogP contribution in [-0.4, -0.2) is 25.8 Å². The molecule has 1 aromatic carbocycles. The zero-order chi connectivity index (χ0) is 13.0. The van der Waals surface area contributed by atoms with Gasteiger partial charge in [0.1, 0.15) is 0 Å². The lowest BCUT2D eigenvalue weighted by Gasteiger charge is -2.26. The second-order valence-corrected chi connectivity index (χ2v) is 5.55. The third-order valence-corrected chi connectivity index (χ3v) is 4.33. The average molecular weight is 333 g/mol. The minimum absolute atomic E-state index is 0.375. The maximum Gasteiger partial charge on any atom is 0.0750 e. The lowest BCUT2D eigenvalue weighted by atomic mass is 10.2. The van der Waals surface area contributed by atoms with Crippen LogP contribution in [0.4, 0.5) is 5.69 Å². The van der Waals surface area contributed by atoms with Gasteiger partial charge in [0.2, 0.25) is 0 Å². The Balaban J connectivity index is 2.08. The molecule has 0 bridgehead atoms. The molecule has 1 fully saturated rings. The van der Waals surface area contributed by atoms with E-state index in [2.05, 4.69) is 46.0 Å². The third kappa shape index (κ3) is 3.40. The molecule has 1 aromatic rings. The molecule has 1 saturated heterocycles. The molecule has 0 aliphatic carbocycles. The van der Waals surface area contributed by atoms with E-state index in [9.17, 15) is 0 Å². The van der Waals surface area contributed by atoms with Crippen molar-refractivity contribution in [2.45, 2.75) is 31.2 Å². The number of rotatable bonds is 5. The zero-order valence-electron chi connectivity index (χ0n) is 10.7. The van der Waals surface area contributed by atoms with Gasteiger partial charge in [0, 0.05) is 35.7 Å². The largest absolute Gasteiger partial charge is 0.376 e. The van der Waals surface area contributed by atoms with E-state index in [1.165, 1.54) is 18.5 Å². The number of likely N-dealkylation sites (N-methyl/N-ethyl adjacent to an activating group) is 1. The van der Waals surface area contributed by atoms with Crippen molar-refractivity contribution in [2.75, 3.05) is 24.6 Å². The molecule has 0 spiro atoms. The van der Waals surface area contributed by atoms with Crippen LogP contribution in [0.25, 0.3) is 0 Å². The van der Waals surface area contributed by atoms with Gasteiger partial charge in [-0.05, 0) is 37.5 Å². The molecule has 4 heteroatoms. The number of ether oxygens (including phenoxy) is 1. The summed E-state index contributed by atoms with van der Waals surface area (Å²) in [6.45, 7) is 5.01. The molecule has 2 nitrogen and oxygen atoms in total. The van der Waals surface area contributed by atoms with E-state index in [1.807, 2.05) is 0 Å². The van der Waals surface area contributed by atoms with Crippen LogP contribution in [0.5, 0.6) is 0 Å². The summed E-state index contributed by atoms with van der Waals surface area (Å²) >= 11 is 9.70. The normalized spacial score (nSPS) is 19.2. The molecule has 1 aliphatic rings. The summed E-state index contributed by atoms with van der Waals surface area (Å²) in [5.41, 5.74) is 2.32. The van der Waals surface area contributed by atoms with Gasteiger partial charge in [-0.15, -0.1) is 0 Å². The fourth-order valence-corrected chi connectivity index (χ4v) is 3.18. The Hall–Kier alpha value is -0.250. The molecule has 1 atom stereocenters. The van der Waals surface area contributed by atoms with E-state index in [-0.39, 0.29) is 0 Å². The van der Waals surface area contributed by atoms with E-state index in [0.29, 0.717) is 6.10 Å². The van der Waals surface area contributed by atoms with E-state index >= 15 is 0 Å². The highest BCUT2D eigenvalue weighted by molar-refractivity contribution is 9.08. The fraction of sp³-hybridized carbons (Fsp3) is 0.571. The quantitative estimate of drug-likeness (QED) is 0.748. The van der Waals surface area contributed by atoms with E-state index in [0.717, 1.165) is 35.6 Å². The molecule has 0 saturated carbocycles. The first-order valence-corrected chi connectivity index (χ1v) is 7.95. The molecule has 0 aromatic heterocycles. The van der Waals surface area contributed by atoms with Crippen molar-refractivity contribution in [1.29, 1.82) is 0 Å². The highest BCUT2D eigenvalue weighted by Gasteiger charge is 2.19. The van der Waals surface area contributed by atoms with Crippen LogP contribution in [-0.2, 0) is 10.1 Å². The first-order chi connectivity index (χ1) is 8.74. The van der Waals surface area contributed by atoms with Gasteiger partial charge in [0.05, 0.1) is 6.10 Å². The van der Waals surface area contributed by atoms with Crippen molar-refractivity contribution >= 4 is 33.2 Å². The van der Waals surface area contributed by atoms with Crippen molar-refractivity contribution < 1.29 is 4.74 Å². The molecule has 100 valence electrons. The van der Waals surface area contributed by atoms with Crippen molar-refractivity contribution in [3.8, 4) is 0 Å². The Kier molecular flexibility index (Phi) is 5.34. The minimum atomic E-state index is 0.375. The van der Waals surface area contributed by atoms with E-state index in [4.69, 9.17) is 16.3 Å². The topological polar surface area (TPSA) is 12.5 Å². The fourth-order valence-electron chi connectivity index (χ4n) is 2.29. The summed E-state index contributed by atoms with van der Waals surface area (Å²) in [6.07, 6.45) is 2.73. The lowest BCUT2D eigenvalue weighted by Crippen LogP contribution is -2.32. The maximum atomic E-state index is 6.26.